The number of para-hydroxylation sites is 2. The zero-order chi connectivity index (χ0) is 64.8. The van der Waals surface area contributed by atoms with Crippen LogP contribution in [-0.4, -0.2) is 39.9 Å². The third kappa shape index (κ3) is 11.1. The highest BCUT2D eigenvalue weighted by atomic mass is 15.0. The van der Waals surface area contributed by atoms with Gasteiger partial charge in [0, 0.05) is 67.7 Å². The van der Waals surface area contributed by atoms with Crippen LogP contribution < -0.4 is 0 Å². The number of fused-ring (bicyclic) bond motifs is 5. The number of hydrogen-bond donors (Lipinski definition) is 0. The Kier molecular flexibility index (Phi) is 14.8. The molecule has 0 radical (unpaired) electrons. The van der Waals surface area contributed by atoms with Gasteiger partial charge in [-0.1, -0.05) is 286 Å². The molecule has 97 heavy (non-hydrogen) atoms. The topological polar surface area (TPSA) is 103 Å². The molecule has 13 aromatic carbocycles. The fourth-order valence-corrected chi connectivity index (χ4v) is 13.4. The minimum atomic E-state index is 0.588. The number of rotatable bonds is 13. The number of nitrogens with zero attached hydrogens (tertiary/aromatic N) is 8. The molecule has 0 spiro atoms. The largest absolute Gasteiger partial charge is 0.256 e. The van der Waals surface area contributed by atoms with Crippen LogP contribution in [0.3, 0.4) is 0 Å². The summed E-state index contributed by atoms with van der Waals surface area (Å²) < 4.78 is 0. The van der Waals surface area contributed by atoms with Crippen LogP contribution in [0.15, 0.2) is 322 Å². The quantitative estimate of drug-likeness (QED) is 0.105. The maximum absolute atomic E-state index is 5.20. The number of hydrogen-bond acceptors (Lipinski definition) is 8. The van der Waals surface area contributed by atoms with E-state index in [2.05, 4.69) is 305 Å². The van der Waals surface area contributed by atoms with Crippen LogP contribution in [0.2, 0.25) is 0 Å². The molecule has 8 nitrogen and oxygen atoms in total. The van der Waals surface area contributed by atoms with Gasteiger partial charge in [0.2, 0.25) is 0 Å². The number of benzene rings is 13. The highest BCUT2D eigenvalue weighted by Crippen LogP contribution is 2.40. The number of allylic oxidation sites excluding steroid dienone is 2. The lowest BCUT2D eigenvalue weighted by Gasteiger charge is -2.13. The van der Waals surface area contributed by atoms with E-state index >= 15 is 0 Å². The van der Waals surface area contributed by atoms with E-state index < -0.39 is 0 Å². The Labute approximate surface area is 561 Å². The molecule has 0 fully saturated rings. The number of aryl methyl sites for hydroxylation is 1. The summed E-state index contributed by atoms with van der Waals surface area (Å²) in [6.45, 7) is 5.99. The van der Waals surface area contributed by atoms with Crippen molar-refractivity contribution in [3.05, 3.63) is 333 Å². The molecule has 454 valence electrons. The second-order valence-corrected chi connectivity index (χ2v) is 24.4. The van der Waals surface area contributed by atoms with Crippen molar-refractivity contribution in [3.63, 3.8) is 0 Å². The fraction of sp³-hybridized carbons (Fsp3) is 0.0112. The van der Waals surface area contributed by atoms with Gasteiger partial charge in [-0.15, -0.1) is 0 Å². The minimum absolute atomic E-state index is 0.588. The Hall–Kier alpha value is -13.0. The SMILES string of the molecule is C=C/C=C\c1cc(-c2nc(-c3ccc(-c4cccc5c(-c6ccc7c(-c8ccc(-c9nc(-c%10ccc(-c%11cccc%12ccccc%11%12)cc%10)nc(-c%10ccc(-c%11cccc%12cccnc%11%12)cc%10)n9)cc8)cccc7c6)ccnc45)cc3)nc(-c3ccc4ccccc4c3)n2)ccc1C. The van der Waals surface area contributed by atoms with Gasteiger partial charge < -0.3 is 0 Å². The van der Waals surface area contributed by atoms with Gasteiger partial charge in [0.1, 0.15) is 0 Å². The highest BCUT2D eigenvalue weighted by molar-refractivity contribution is 6.05. The molecule has 0 N–H and O–H groups in total. The summed E-state index contributed by atoms with van der Waals surface area (Å²) in [5.41, 5.74) is 20.4. The lowest BCUT2D eigenvalue weighted by Crippen LogP contribution is -2.00. The fourth-order valence-electron chi connectivity index (χ4n) is 13.4. The molecule has 0 atom stereocenters. The monoisotopic (exact) mass is 1240 g/mol. The molecule has 0 saturated carbocycles. The Morgan fingerprint density at radius 3 is 1.26 bits per heavy atom. The smallest absolute Gasteiger partial charge is 0.164 e. The first kappa shape index (κ1) is 57.8. The molecular weight excluding hydrogens is 1180 g/mol. The molecule has 4 heterocycles. The first-order chi connectivity index (χ1) is 47.9. The third-order valence-electron chi connectivity index (χ3n) is 18.4. The van der Waals surface area contributed by atoms with E-state index in [1.54, 1.807) is 6.08 Å². The summed E-state index contributed by atoms with van der Waals surface area (Å²) in [6, 6.07) is 102. The van der Waals surface area contributed by atoms with Crippen molar-refractivity contribution in [2.75, 3.05) is 0 Å². The molecule has 0 aliphatic heterocycles. The normalized spacial score (nSPS) is 11.6. The zero-order valence-electron chi connectivity index (χ0n) is 52.9. The molecule has 17 rings (SSSR count). The maximum Gasteiger partial charge on any atom is 0.164 e. The van der Waals surface area contributed by atoms with Crippen LogP contribution in [0.5, 0.6) is 0 Å². The van der Waals surface area contributed by atoms with Crippen molar-refractivity contribution >= 4 is 60.2 Å². The molecular formula is C89H58N8. The van der Waals surface area contributed by atoms with Crippen LogP contribution in [0.4, 0.5) is 0 Å². The summed E-state index contributed by atoms with van der Waals surface area (Å²) in [5.74, 6) is 3.57. The van der Waals surface area contributed by atoms with Gasteiger partial charge in [0.05, 0.1) is 11.0 Å². The van der Waals surface area contributed by atoms with Gasteiger partial charge in [-0.3, -0.25) is 9.97 Å². The van der Waals surface area contributed by atoms with Crippen molar-refractivity contribution in [2.45, 2.75) is 6.92 Å². The third-order valence-corrected chi connectivity index (χ3v) is 18.4. The van der Waals surface area contributed by atoms with Crippen LogP contribution in [0.1, 0.15) is 11.1 Å². The average molecular weight is 1240 g/mol. The molecule has 0 unspecified atom stereocenters. The van der Waals surface area contributed by atoms with Gasteiger partial charge in [0.15, 0.2) is 34.9 Å². The minimum Gasteiger partial charge on any atom is -0.256 e. The molecule has 0 amide bonds. The van der Waals surface area contributed by atoms with Crippen LogP contribution >= 0.6 is 0 Å². The summed E-state index contributed by atoms with van der Waals surface area (Å²) in [6.07, 6.45) is 9.56. The lowest BCUT2D eigenvalue weighted by atomic mass is 9.92. The van der Waals surface area contributed by atoms with E-state index in [1.807, 2.05) is 24.5 Å². The lowest BCUT2D eigenvalue weighted by molar-refractivity contribution is 1.07. The van der Waals surface area contributed by atoms with E-state index in [9.17, 15) is 0 Å². The van der Waals surface area contributed by atoms with Crippen LogP contribution in [0, 0.1) is 6.92 Å². The van der Waals surface area contributed by atoms with Crippen molar-refractivity contribution in [1.82, 2.24) is 39.9 Å². The molecule has 17 aromatic rings. The van der Waals surface area contributed by atoms with Gasteiger partial charge in [0.25, 0.3) is 0 Å². The van der Waals surface area contributed by atoms with Crippen LogP contribution in [0.25, 0.3) is 184 Å². The number of aromatic nitrogens is 8. The molecule has 0 bridgehead atoms. The summed E-state index contributed by atoms with van der Waals surface area (Å²) >= 11 is 0. The van der Waals surface area contributed by atoms with Gasteiger partial charge in [-0.25, -0.2) is 29.9 Å². The molecule has 8 heteroatoms. The first-order valence-electron chi connectivity index (χ1n) is 32.5. The van der Waals surface area contributed by atoms with Crippen molar-refractivity contribution in [2.24, 2.45) is 0 Å². The highest BCUT2D eigenvalue weighted by Gasteiger charge is 2.19. The Balaban J connectivity index is 0.674. The molecule has 4 aromatic heterocycles. The van der Waals surface area contributed by atoms with Crippen molar-refractivity contribution in [1.29, 1.82) is 0 Å². The Morgan fingerprint density at radius 1 is 0.258 bits per heavy atom. The summed E-state index contributed by atoms with van der Waals surface area (Å²) in [5, 5.41) is 9.14. The van der Waals surface area contributed by atoms with Crippen molar-refractivity contribution in [3.8, 4) is 124 Å². The predicted octanol–water partition coefficient (Wildman–Crippen LogP) is 22.5. The van der Waals surface area contributed by atoms with E-state index in [4.69, 9.17) is 39.9 Å². The molecule has 0 aliphatic carbocycles. The predicted molar refractivity (Wildman–Crippen MR) is 400 cm³/mol. The van der Waals surface area contributed by atoms with E-state index in [1.165, 1.54) is 16.3 Å². The van der Waals surface area contributed by atoms with E-state index in [0.717, 1.165) is 138 Å². The van der Waals surface area contributed by atoms with E-state index in [-0.39, 0.29) is 0 Å². The molecule has 0 aliphatic rings. The second kappa shape index (κ2) is 24.8. The average Bonchev–Trinajstić information content (AvgIpc) is 0.788. The zero-order valence-corrected chi connectivity index (χ0v) is 52.9. The summed E-state index contributed by atoms with van der Waals surface area (Å²) in [7, 11) is 0. The second-order valence-electron chi connectivity index (χ2n) is 24.4. The van der Waals surface area contributed by atoms with Crippen LogP contribution in [-0.2, 0) is 0 Å². The summed E-state index contributed by atoms with van der Waals surface area (Å²) in [4.78, 5) is 40.7. The first-order valence-corrected chi connectivity index (χ1v) is 32.5. The number of pyridine rings is 2. The maximum atomic E-state index is 5.20. The Bertz CT molecular complexity index is 5810. The Morgan fingerprint density at radius 2 is 0.649 bits per heavy atom. The van der Waals surface area contributed by atoms with Crippen molar-refractivity contribution < 1.29 is 0 Å². The van der Waals surface area contributed by atoms with Gasteiger partial charge in [-0.05, 0) is 125 Å². The van der Waals surface area contributed by atoms with E-state index in [0.29, 0.717) is 34.9 Å². The van der Waals surface area contributed by atoms with Gasteiger partial charge in [-0.2, -0.15) is 0 Å². The molecule has 0 saturated heterocycles. The standard InChI is InChI=1S/C89H58N8/c1-3-4-14-68-53-72(29-28-56(68)2)88-95-87(96-89(97-88)73-47-30-57-15-5-6-17-69(57)54-73)67-45-37-62(38-46-67)80-26-12-27-81-78(50-52-91-83(80)81)71-48-49-77-70(55-71)20-11-24-76(77)60-33-41-65(42-34-60)85-92-84(64-39-31-59(32-40-64)75-23-9-18-58-16-7-8-22-74(58)75)93-86(94-85)66-43-35-61(36-44-66)79-25-10-19-63-21-13-51-90-82(63)79/h3-55H,1H2,2H3/b14-4-. The van der Waals surface area contributed by atoms with Gasteiger partial charge >= 0.3 is 0 Å².